The first-order valence-electron chi connectivity index (χ1n) is 3.66. The van der Waals surface area contributed by atoms with Crippen LogP contribution in [0.1, 0.15) is 19.8 Å². The van der Waals surface area contributed by atoms with Gasteiger partial charge in [-0.3, -0.25) is 0 Å². The van der Waals surface area contributed by atoms with Crippen molar-refractivity contribution in [3.8, 4) is 0 Å². The molecule has 0 saturated carbocycles. The van der Waals surface area contributed by atoms with E-state index in [2.05, 4.69) is 6.58 Å². The fraction of sp³-hybridized carbons (Fsp3) is 0.750. The molecule has 0 spiro atoms. The average Bonchev–Trinajstić information content (AvgIpc) is 1.86. The van der Waals surface area contributed by atoms with Crippen molar-refractivity contribution in [2.75, 3.05) is 6.61 Å². The first-order chi connectivity index (χ1) is 5.01. The zero-order valence-electron chi connectivity index (χ0n) is 6.57. The minimum absolute atomic E-state index is 0.0788. The van der Waals surface area contributed by atoms with E-state index >= 15 is 0 Å². The van der Waals surface area contributed by atoms with Gasteiger partial charge >= 0.3 is 0 Å². The molecule has 1 fully saturated rings. The molecule has 1 rings (SSSR count). The van der Waals surface area contributed by atoms with E-state index in [0.29, 0.717) is 6.42 Å². The summed E-state index contributed by atoms with van der Waals surface area (Å²) in [6.07, 6.45) is 0.155. The number of hydrogen-bond donors (Lipinski definition) is 0. The topological polar surface area (TPSA) is 9.23 Å². The van der Waals surface area contributed by atoms with Crippen molar-refractivity contribution in [1.82, 2.24) is 0 Å². The van der Waals surface area contributed by atoms with E-state index < -0.39 is 12.5 Å². The van der Waals surface area contributed by atoms with Crippen LogP contribution >= 0.6 is 0 Å². The molecular weight excluding hydrogens is 150 g/mol. The van der Waals surface area contributed by atoms with Crippen LogP contribution < -0.4 is 0 Å². The zero-order valence-corrected chi connectivity index (χ0v) is 6.57. The Balaban J connectivity index is 2.42. The molecule has 3 heteroatoms. The third kappa shape index (κ3) is 2.26. The molecule has 0 aromatic rings. The van der Waals surface area contributed by atoms with Gasteiger partial charge in [-0.25, -0.2) is 8.78 Å². The van der Waals surface area contributed by atoms with Crippen LogP contribution in [-0.4, -0.2) is 18.6 Å². The first kappa shape index (κ1) is 8.65. The van der Waals surface area contributed by atoms with Crippen LogP contribution in [0.15, 0.2) is 12.2 Å². The summed E-state index contributed by atoms with van der Waals surface area (Å²) in [4.78, 5) is 0. The molecule has 0 aliphatic carbocycles. The van der Waals surface area contributed by atoms with E-state index in [0.717, 1.165) is 5.57 Å². The molecule has 0 unspecified atom stereocenters. The number of hydrogen-bond acceptors (Lipinski definition) is 1. The van der Waals surface area contributed by atoms with E-state index in [-0.39, 0.29) is 12.5 Å². The molecular formula is C8H12F2O. The molecule has 1 nitrogen and oxygen atoms in total. The molecule has 0 bridgehead atoms. The van der Waals surface area contributed by atoms with E-state index in [1.807, 2.05) is 0 Å². The second-order valence-electron chi connectivity index (χ2n) is 3.04. The summed E-state index contributed by atoms with van der Waals surface area (Å²) in [5.74, 6) is -2.62. The number of ether oxygens (including phenoxy) is 1. The molecule has 0 radical (unpaired) electrons. The highest BCUT2D eigenvalue weighted by atomic mass is 19.3. The normalized spacial score (nSPS) is 29.9. The Labute approximate surface area is 65.0 Å². The fourth-order valence-electron chi connectivity index (χ4n) is 1.11. The van der Waals surface area contributed by atoms with Gasteiger partial charge in [-0.05, 0) is 13.3 Å². The van der Waals surface area contributed by atoms with Gasteiger partial charge in [0.1, 0.15) is 6.61 Å². The molecule has 0 aromatic carbocycles. The van der Waals surface area contributed by atoms with Crippen LogP contribution in [0.25, 0.3) is 0 Å². The third-order valence-electron chi connectivity index (χ3n) is 1.82. The van der Waals surface area contributed by atoms with Crippen molar-refractivity contribution < 1.29 is 13.5 Å². The van der Waals surface area contributed by atoms with Crippen LogP contribution in [0.4, 0.5) is 8.78 Å². The van der Waals surface area contributed by atoms with Gasteiger partial charge in [0.2, 0.25) is 0 Å². The van der Waals surface area contributed by atoms with E-state index in [1.165, 1.54) is 0 Å². The summed E-state index contributed by atoms with van der Waals surface area (Å²) in [5, 5.41) is 0. The summed E-state index contributed by atoms with van der Waals surface area (Å²) in [7, 11) is 0. The molecule has 64 valence electrons. The van der Waals surface area contributed by atoms with Gasteiger partial charge in [0.25, 0.3) is 5.92 Å². The van der Waals surface area contributed by atoms with Gasteiger partial charge in [0.05, 0.1) is 6.10 Å². The summed E-state index contributed by atoms with van der Waals surface area (Å²) in [5.41, 5.74) is 0.834. The largest absolute Gasteiger partial charge is 0.368 e. The van der Waals surface area contributed by atoms with Crippen LogP contribution in [0.5, 0.6) is 0 Å². The Bertz CT molecular complexity index is 155. The first-order valence-corrected chi connectivity index (χ1v) is 3.66. The lowest BCUT2D eigenvalue weighted by atomic mass is 10.0. The lowest BCUT2D eigenvalue weighted by Crippen LogP contribution is -2.34. The predicted molar refractivity (Wildman–Crippen MR) is 38.7 cm³/mol. The smallest absolute Gasteiger partial charge is 0.271 e. The molecule has 11 heavy (non-hydrogen) atoms. The van der Waals surface area contributed by atoms with Crippen molar-refractivity contribution in [3.63, 3.8) is 0 Å². The molecule has 1 saturated heterocycles. The quantitative estimate of drug-likeness (QED) is 0.538. The van der Waals surface area contributed by atoms with Gasteiger partial charge in [0, 0.05) is 6.42 Å². The molecule has 1 heterocycles. The van der Waals surface area contributed by atoms with Crippen LogP contribution in [0.2, 0.25) is 0 Å². The van der Waals surface area contributed by atoms with Gasteiger partial charge < -0.3 is 4.74 Å². The average molecular weight is 162 g/mol. The standard InChI is InChI=1S/C8H12F2O/c1-6(2)7-3-4-8(9,10)5-11-7/h7H,1,3-5H2,2H3/t7-/m1/s1. The maximum Gasteiger partial charge on any atom is 0.271 e. The van der Waals surface area contributed by atoms with Gasteiger partial charge in [0.15, 0.2) is 0 Å². The van der Waals surface area contributed by atoms with Crippen molar-refractivity contribution in [2.45, 2.75) is 31.8 Å². The Kier molecular flexibility index (Phi) is 2.28. The summed E-state index contributed by atoms with van der Waals surface area (Å²) < 4.78 is 29.9. The maximum absolute atomic E-state index is 12.5. The second-order valence-corrected chi connectivity index (χ2v) is 3.04. The highest BCUT2D eigenvalue weighted by molar-refractivity contribution is 5.00. The molecule has 1 aliphatic rings. The predicted octanol–water partition coefficient (Wildman–Crippen LogP) is 2.38. The SMILES string of the molecule is C=C(C)[C@H]1CCC(F)(F)CO1. The lowest BCUT2D eigenvalue weighted by Gasteiger charge is -2.28. The number of halogens is 2. The highest BCUT2D eigenvalue weighted by Gasteiger charge is 2.35. The number of alkyl halides is 2. The minimum atomic E-state index is -2.62. The third-order valence-corrected chi connectivity index (χ3v) is 1.82. The van der Waals surface area contributed by atoms with E-state index in [1.54, 1.807) is 6.92 Å². The summed E-state index contributed by atoms with van der Waals surface area (Å²) in [6.45, 7) is 5.00. The zero-order chi connectivity index (χ0) is 8.48. The maximum atomic E-state index is 12.5. The lowest BCUT2D eigenvalue weighted by molar-refractivity contribution is -0.134. The van der Waals surface area contributed by atoms with Gasteiger partial charge in [-0.2, -0.15) is 0 Å². The molecule has 0 aromatic heterocycles. The van der Waals surface area contributed by atoms with Crippen molar-refractivity contribution >= 4 is 0 Å². The molecule has 1 aliphatic heterocycles. The Morgan fingerprint density at radius 1 is 1.64 bits per heavy atom. The van der Waals surface area contributed by atoms with Crippen LogP contribution in [0.3, 0.4) is 0 Å². The van der Waals surface area contributed by atoms with Gasteiger partial charge in [-0.1, -0.05) is 12.2 Å². The van der Waals surface area contributed by atoms with Crippen molar-refractivity contribution in [1.29, 1.82) is 0 Å². The van der Waals surface area contributed by atoms with Crippen molar-refractivity contribution in [2.24, 2.45) is 0 Å². The summed E-state index contributed by atoms with van der Waals surface area (Å²) >= 11 is 0. The Hall–Kier alpha value is -0.440. The van der Waals surface area contributed by atoms with Crippen LogP contribution in [0, 0.1) is 0 Å². The van der Waals surface area contributed by atoms with Crippen LogP contribution in [-0.2, 0) is 4.74 Å². The van der Waals surface area contributed by atoms with Gasteiger partial charge in [-0.15, -0.1) is 0 Å². The van der Waals surface area contributed by atoms with E-state index in [9.17, 15) is 8.78 Å². The minimum Gasteiger partial charge on any atom is -0.368 e. The van der Waals surface area contributed by atoms with E-state index in [4.69, 9.17) is 4.74 Å². The molecule has 0 amide bonds. The second kappa shape index (κ2) is 2.89. The Morgan fingerprint density at radius 2 is 2.27 bits per heavy atom. The summed E-state index contributed by atoms with van der Waals surface area (Å²) in [6, 6.07) is 0. The Morgan fingerprint density at radius 3 is 2.64 bits per heavy atom. The number of rotatable bonds is 1. The molecule has 0 N–H and O–H groups in total. The highest BCUT2D eigenvalue weighted by Crippen LogP contribution is 2.29. The van der Waals surface area contributed by atoms with Crippen molar-refractivity contribution in [3.05, 3.63) is 12.2 Å². The fourth-order valence-corrected chi connectivity index (χ4v) is 1.11. The molecule has 1 atom stereocenters. The monoisotopic (exact) mass is 162 g/mol.